The van der Waals surface area contributed by atoms with Crippen LogP contribution in [0.3, 0.4) is 0 Å². The van der Waals surface area contributed by atoms with E-state index in [0.29, 0.717) is 23.5 Å². The van der Waals surface area contributed by atoms with Gasteiger partial charge in [-0.05, 0) is 72.5 Å². The molecule has 0 amide bonds. The van der Waals surface area contributed by atoms with Crippen molar-refractivity contribution in [2.75, 3.05) is 18.0 Å². The molecular formula is C22H27BrN4O3S. The van der Waals surface area contributed by atoms with Gasteiger partial charge >= 0.3 is 5.97 Å². The molecule has 9 heteroatoms. The first-order valence-electron chi connectivity index (χ1n) is 10.4. The van der Waals surface area contributed by atoms with Gasteiger partial charge in [-0.3, -0.25) is 0 Å². The molecule has 7 nitrogen and oxygen atoms in total. The normalized spacial score (nSPS) is 21.2. The van der Waals surface area contributed by atoms with Gasteiger partial charge in [0.1, 0.15) is 4.60 Å². The fourth-order valence-corrected chi connectivity index (χ4v) is 5.85. The van der Waals surface area contributed by atoms with Gasteiger partial charge in [0.15, 0.2) is 11.5 Å². The van der Waals surface area contributed by atoms with Crippen LogP contribution in [0.15, 0.2) is 35.1 Å². The topological polar surface area (TPSA) is 95.4 Å². The molecule has 2 aromatic rings. The smallest absolute Gasteiger partial charge is 0.358 e. The zero-order chi connectivity index (χ0) is 22.4. The van der Waals surface area contributed by atoms with Crippen LogP contribution >= 0.6 is 15.9 Å². The minimum Gasteiger partial charge on any atom is -0.476 e. The molecule has 1 unspecified atom stereocenters. The number of hydrogen-bond donors (Lipinski definition) is 2. The van der Waals surface area contributed by atoms with Gasteiger partial charge in [-0.15, -0.1) is 0 Å². The second kappa shape index (κ2) is 8.26. The quantitative estimate of drug-likeness (QED) is 0.653. The number of carbonyl (C=O) groups is 1. The molecule has 1 aliphatic carbocycles. The molecule has 166 valence electrons. The molecule has 0 radical (unpaired) electrons. The van der Waals surface area contributed by atoms with Gasteiger partial charge in [0.2, 0.25) is 0 Å². The number of hydrogen-bond acceptors (Lipinski definition) is 5. The molecule has 1 aromatic carbocycles. The molecule has 31 heavy (non-hydrogen) atoms. The summed E-state index contributed by atoms with van der Waals surface area (Å²) in [4.78, 5) is 22.2. The molecule has 0 bridgehead atoms. The number of halogens is 1. The third-order valence-electron chi connectivity index (χ3n) is 6.29. The summed E-state index contributed by atoms with van der Waals surface area (Å²) < 4.78 is 16.5. The van der Waals surface area contributed by atoms with E-state index in [1.807, 2.05) is 31.7 Å². The number of nitrogens with zero attached hydrogens (tertiary/aromatic N) is 3. The number of carboxylic acids is 1. The van der Waals surface area contributed by atoms with Crippen LogP contribution < -0.4 is 9.62 Å². The van der Waals surface area contributed by atoms with Crippen LogP contribution in [0.4, 0.5) is 5.82 Å². The Balaban J connectivity index is 1.61. The number of piperidine rings is 1. The Bertz CT molecular complexity index is 1030. The third-order valence-corrected chi connectivity index (χ3v) is 8.23. The van der Waals surface area contributed by atoms with E-state index < -0.39 is 17.0 Å². The number of aromatic nitrogens is 2. The lowest BCUT2D eigenvalue weighted by Crippen LogP contribution is -2.48. The lowest BCUT2D eigenvalue weighted by Gasteiger charge is -2.44. The SMILES string of the molecule is CC(C)(C)S(=O)N[C@@H]1c2ccccc2CC12CCN(c1ncc(Br)nc1C(=O)O)CC2. The van der Waals surface area contributed by atoms with Gasteiger partial charge in [-0.2, -0.15) is 0 Å². The Labute approximate surface area is 193 Å². The lowest BCUT2D eigenvalue weighted by molar-refractivity contribution is 0.0690. The molecule has 1 aliphatic heterocycles. The summed E-state index contributed by atoms with van der Waals surface area (Å²) in [6, 6.07) is 8.39. The van der Waals surface area contributed by atoms with Gasteiger partial charge in [0, 0.05) is 13.1 Å². The summed E-state index contributed by atoms with van der Waals surface area (Å²) in [6.45, 7) is 7.28. The summed E-state index contributed by atoms with van der Waals surface area (Å²) in [7, 11) is -1.19. The largest absolute Gasteiger partial charge is 0.476 e. The number of aromatic carboxylic acids is 1. The van der Waals surface area contributed by atoms with E-state index in [1.54, 1.807) is 0 Å². The van der Waals surface area contributed by atoms with Crippen LogP contribution in [0, 0.1) is 5.41 Å². The zero-order valence-electron chi connectivity index (χ0n) is 17.9. The van der Waals surface area contributed by atoms with E-state index >= 15 is 0 Å². The standard InChI is InChI=1S/C22H27BrN4O3S/c1-21(2,3)31(30)26-18-15-7-5-4-6-14(15)12-22(18)8-10-27(11-9-22)19-17(20(28)29)25-16(23)13-24-19/h4-7,13,18,26H,8-12H2,1-3H3,(H,28,29)/t18-,31?/m1/s1. The predicted molar refractivity (Wildman–Crippen MR) is 124 cm³/mol. The van der Waals surface area contributed by atoms with Crippen LogP contribution in [0.5, 0.6) is 0 Å². The Morgan fingerprint density at radius 2 is 1.97 bits per heavy atom. The van der Waals surface area contributed by atoms with E-state index in [9.17, 15) is 14.1 Å². The summed E-state index contributed by atoms with van der Waals surface area (Å²) in [5.74, 6) is -0.679. The van der Waals surface area contributed by atoms with Crippen molar-refractivity contribution >= 4 is 38.7 Å². The third kappa shape index (κ3) is 4.27. The number of carboxylic acid groups (broad SMARTS) is 1. The van der Waals surface area contributed by atoms with Gasteiger partial charge in [-0.1, -0.05) is 24.3 Å². The maximum Gasteiger partial charge on any atom is 0.358 e. The van der Waals surface area contributed by atoms with E-state index in [2.05, 4.69) is 48.8 Å². The first-order chi connectivity index (χ1) is 14.6. The fraction of sp³-hybridized carbons (Fsp3) is 0.500. The second-order valence-electron chi connectivity index (χ2n) is 9.33. The molecule has 0 saturated carbocycles. The van der Waals surface area contributed by atoms with Crippen molar-refractivity contribution in [3.8, 4) is 0 Å². The molecule has 1 aromatic heterocycles. The number of nitrogens with one attached hydrogen (secondary N) is 1. The summed E-state index contributed by atoms with van der Waals surface area (Å²) in [5.41, 5.74) is 2.42. The maximum absolute atomic E-state index is 13.0. The fourth-order valence-electron chi connectivity index (χ4n) is 4.63. The Morgan fingerprint density at radius 3 is 2.61 bits per heavy atom. The van der Waals surface area contributed by atoms with Crippen LogP contribution in [-0.2, 0) is 17.4 Å². The second-order valence-corrected chi connectivity index (χ2v) is 12.1. The minimum atomic E-state index is -1.19. The van der Waals surface area contributed by atoms with Gasteiger partial charge < -0.3 is 10.0 Å². The highest BCUT2D eigenvalue weighted by atomic mass is 79.9. The number of rotatable bonds is 4. The van der Waals surface area contributed by atoms with Crippen molar-refractivity contribution in [2.45, 2.75) is 50.8 Å². The maximum atomic E-state index is 13.0. The van der Waals surface area contributed by atoms with Crippen molar-refractivity contribution in [1.29, 1.82) is 0 Å². The average Bonchev–Trinajstić information content (AvgIpc) is 3.01. The molecule has 2 atom stereocenters. The molecule has 1 spiro atoms. The van der Waals surface area contributed by atoms with E-state index in [1.165, 1.54) is 17.3 Å². The van der Waals surface area contributed by atoms with Crippen molar-refractivity contribution in [2.24, 2.45) is 5.41 Å². The highest BCUT2D eigenvalue weighted by Crippen LogP contribution is 2.52. The van der Waals surface area contributed by atoms with E-state index in [4.69, 9.17) is 0 Å². The van der Waals surface area contributed by atoms with Crippen LogP contribution in [-0.4, -0.2) is 43.1 Å². The number of benzene rings is 1. The van der Waals surface area contributed by atoms with Crippen LogP contribution in [0.1, 0.15) is 61.3 Å². The molecule has 4 rings (SSSR count). The first-order valence-corrected chi connectivity index (χ1v) is 12.3. The molecule has 2 heterocycles. The highest BCUT2D eigenvalue weighted by Gasteiger charge is 2.49. The average molecular weight is 507 g/mol. The molecule has 2 N–H and O–H groups in total. The van der Waals surface area contributed by atoms with Crippen molar-refractivity contribution < 1.29 is 14.1 Å². The van der Waals surface area contributed by atoms with Crippen molar-refractivity contribution in [1.82, 2.24) is 14.7 Å². The lowest BCUT2D eigenvalue weighted by atomic mass is 9.73. The van der Waals surface area contributed by atoms with E-state index in [0.717, 1.165) is 19.3 Å². The Hall–Kier alpha value is -1.84. The Morgan fingerprint density at radius 1 is 1.29 bits per heavy atom. The highest BCUT2D eigenvalue weighted by molar-refractivity contribution is 9.10. The Kier molecular flexibility index (Phi) is 5.95. The molecule has 1 fully saturated rings. The van der Waals surface area contributed by atoms with Crippen LogP contribution in [0.25, 0.3) is 0 Å². The van der Waals surface area contributed by atoms with Crippen molar-refractivity contribution in [3.63, 3.8) is 0 Å². The molecular weight excluding hydrogens is 480 g/mol. The first kappa shape index (κ1) is 22.4. The molecule has 1 saturated heterocycles. The molecule has 2 aliphatic rings. The zero-order valence-corrected chi connectivity index (χ0v) is 20.3. The summed E-state index contributed by atoms with van der Waals surface area (Å²) in [5, 5.41) is 9.57. The predicted octanol–water partition coefficient (Wildman–Crippen LogP) is 3.87. The summed E-state index contributed by atoms with van der Waals surface area (Å²) in [6.07, 6.45) is 4.15. The number of anilines is 1. The van der Waals surface area contributed by atoms with Gasteiger partial charge in [0.25, 0.3) is 0 Å². The van der Waals surface area contributed by atoms with Gasteiger partial charge in [0.05, 0.1) is 28.0 Å². The van der Waals surface area contributed by atoms with Gasteiger partial charge in [-0.25, -0.2) is 23.7 Å². The minimum absolute atomic E-state index is 0.000791. The number of fused-ring (bicyclic) bond motifs is 1. The van der Waals surface area contributed by atoms with E-state index in [-0.39, 0.29) is 21.9 Å². The van der Waals surface area contributed by atoms with Crippen LogP contribution in [0.2, 0.25) is 0 Å². The monoisotopic (exact) mass is 506 g/mol. The van der Waals surface area contributed by atoms with Crippen molar-refractivity contribution in [3.05, 3.63) is 51.9 Å². The summed E-state index contributed by atoms with van der Waals surface area (Å²) >= 11 is 3.21.